The molecule has 1 aliphatic carbocycles. The van der Waals surface area contributed by atoms with Crippen molar-refractivity contribution in [1.29, 1.82) is 0 Å². The second-order valence-electron chi connectivity index (χ2n) is 11.6. The molecule has 0 bridgehead atoms. The standard InChI is InChI=1S/C29H41N5O4/c1-11-17-33(18-12-2)26(36)37-24-21(30-10)20(23-31-22(19(4)13-3)32-34(23)24)25(35)38-29(9)27(5,6)15-14-16-28(29,7)8/h11-12,19H,1-2,13-18H2,3-9H3,(H,31,32). The molecule has 9 heteroatoms. The minimum absolute atomic E-state index is 0.00834. The minimum atomic E-state index is -0.805. The molecule has 9 nitrogen and oxygen atoms in total. The third-order valence-corrected chi connectivity index (χ3v) is 8.55. The number of H-pyrrole nitrogens is 1. The van der Waals surface area contributed by atoms with Crippen molar-refractivity contribution < 1.29 is 19.1 Å². The largest absolute Gasteiger partial charge is 0.455 e. The van der Waals surface area contributed by atoms with E-state index in [1.54, 1.807) is 12.2 Å². The van der Waals surface area contributed by atoms with Crippen molar-refractivity contribution in [1.82, 2.24) is 19.5 Å². The predicted molar refractivity (Wildman–Crippen MR) is 148 cm³/mol. The van der Waals surface area contributed by atoms with Crippen LogP contribution < -0.4 is 4.74 Å². The number of aromatic amines is 1. The van der Waals surface area contributed by atoms with Crippen molar-refractivity contribution in [3.8, 4) is 5.88 Å². The zero-order chi connectivity index (χ0) is 28.5. The lowest BCUT2D eigenvalue weighted by Crippen LogP contribution is -2.58. The monoisotopic (exact) mass is 523 g/mol. The predicted octanol–water partition coefficient (Wildman–Crippen LogP) is 7.05. The Morgan fingerprint density at radius 1 is 1.18 bits per heavy atom. The molecule has 1 fully saturated rings. The highest BCUT2D eigenvalue weighted by Gasteiger charge is 2.57. The van der Waals surface area contributed by atoms with Crippen LogP contribution in [0.5, 0.6) is 5.88 Å². The zero-order valence-electron chi connectivity index (χ0n) is 23.8. The summed E-state index contributed by atoms with van der Waals surface area (Å²) in [6.07, 6.45) is 6.11. The first-order valence-corrected chi connectivity index (χ1v) is 13.2. The molecule has 1 N–H and O–H groups in total. The van der Waals surface area contributed by atoms with Gasteiger partial charge in [0, 0.05) is 29.8 Å². The van der Waals surface area contributed by atoms with Crippen molar-refractivity contribution in [2.24, 2.45) is 10.8 Å². The molecule has 1 unspecified atom stereocenters. The average molecular weight is 524 g/mol. The van der Waals surface area contributed by atoms with E-state index < -0.39 is 17.7 Å². The van der Waals surface area contributed by atoms with E-state index >= 15 is 0 Å². The van der Waals surface area contributed by atoms with Crippen LogP contribution in [-0.2, 0) is 4.74 Å². The van der Waals surface area contributed by atoms with Crippen LogP contribution in [0.15, 0.2) is 25.3 Å². The molecular formula is C29H41N5O4. The van der Waals surface area contributed by atoms with Gasteiger partial charge in [-0.3, -0.25) is 5.10 Å². The van der Waals surface area contributed by atoms with Crippen LogP contribution >= 0.6 is 0 Å². The lowest BCUT2D eigenvalue weighted by atomic mass is 9.54. The van der Waals surface area contributed by atoms with Crippen LogP contribution in [0.25, 0.3) is 10.5 Å². The molecule has 2 aromatic heterocycles. The molecule has 38 heavy (non-hydrogen) atoms. The van der Waals surface area contributed by atoms with E-state index in [2.05, 4.69) is 55.8 Å². The Balaban J connectivity index is 2.17. The van der Waals surface area contributed by atoms with Gasteiger partial charge in [-0.05, 0) is 26.2 Å². The van der Waals surface area contributed by atoms with Crippen molar-refractivity contribution in [3.05, 3.63) is 48.1 Å². The molecule has 1 amide bonds. The van der Waals surface area contributed by atoms with Crippen LogP contribution in [-0.4, -0.2) is 50.3 Å². The zero-order valence-corrected chi connectivity index (χ0v) is 23.8. The van der Waals surface area contributed by atoms with Crippen LogP contribution in [0, 0.1) is 17.4 Å². The number of carbonyl (C=O) groups is 2. The van der Waals surface area contributed by atoms with Gasteiger partial charge in [0.15, 0.2) is 5.65 Å². The number of hydrogen-bond acceptors (Lipinski definition) is 5. The summed E-state index contributed by atoms with van der Waals surface area (Å²) < 4.78 is 13.5. The second kappa shape index (κ2) is 10.7. The number of hydrogen-bond donors (Lipinski definition) is 1. The van der Waals surface area contributed by atoms with E-state index in [1.165, 1.54) is 9.42 Å². The van der Waals surface area contributed by atoms with Crippen molar-refractivity contribution >= 4 is 23.4 Å². The quantitative estimate of drug-likeness (QED) is 0.216. The number of nitrogens with zero attached hydrogens (tertiary/aromatic N) is 4. The van der Waals surface area contributed by atoms with E-state index in [-0.39, 0.29) is 52.6 Å². The molecule has 1 aliphatic rings. The first-order chi connectivity index (χ1) is 17.8. The normalized spacial score (nSPS) is 18.3. The fourth-order valence-corrected chi connectivity index (χ4v) is 5.35. The Bertz CT molecular complexity index is 1250. The van der Waals surface area contributed by atoms with Crippen LogP contribution in [0.3, 0.4) is 0 Å². The van der Waals surface area contributed by atoms with Gasteiger partial charge in [0.2, 0.25) is 5.88 Å². The molecule has 2 heterocycles. The van der Waals surface area contributed by atoms with E-state index in [4.69, 9.17) is 16.0 Å². The van der Waals surface area contributed by atoms with Gasteiger partial charge in [-0.25, -0.2) is 23.9 Å². The number of fused-ring (bicyclic) bond motifs is 1. The van der Waals surface area contributed by atoms with Gasteiger partial charge in [0.25, 0.3) is 5.69 Å². The number of carbonyl (C=O) groups excluding carboxylic acids is 2. The first kappa shape index (κ1) is 29.0. The Kier molecular flexibility index (Phi) is 8.16. The summed E-state index contributed by atoms with van der Waals surface area (Å²) >= 11 is 0. The summed E-state index contributed by atoms with van der Waals surface area (Å²) in [5.74, 6) is -0.0912. The second-order valence-corrected chi connectivity index (χ2v) is 11.6. The average Bonchev–Trinajstić information content (AvgIpc) is 3.39. The van der Waals surface area contributed by atoms with Crippen molar-refractivity contribution in [2.75, 3.05) is 13.1 Å². The Hall–Kier alpha value is -3.54. The number of esters is 1. The maximum absolute atomic E-state index is 14.0. The van der Waals surface area contributed by atoms with Gasteiger partial charge in [-0.2, -0.15) is 0 Å². The summed E-state index contributed by atoms with van der Waals surface area (Å²) in [6.45, 7) is 30.2. The molecule has 0 spiro atoms. The Labute approximate surface area is 225 Å². The molecule has 1 atom stereocenters. The minimum Gasteiger partial charge on any atom is -0.455 e. The number of ether oxygens (including phenoxy) is 2. The third kappa shape index (κ3) is 4.84. The molecule has 3 rings (SSSR count). The number of nitrogens with one attached hydrogen (secondary N) is 1. The summed E-state index contributed by atoms with van der Waals surface area (Å²) in [5, 5.41) is 3.14. The molecule has 2 aromatic rings. The maximum atomic E-state index is 14.0. The fourth-order valence-electron chi connectivity index (χ4n) is 5.35. The smallest absolute Gasteiger partial charge is 0.416 e. The molecule has 0 radical (unpaired) electrons. The lowest BCUT2D eigenvalue weighted by molar-refractivity contribution is -0.167. The van der Waals surface area contributed by atoms with Crippen LogP contribution in [0.2, 0.25) is 0 Å². The number of rotatable bonds is 9. The van der Waals surface area contributed by atoms with E-state index in [0.717, 1.165) is 25.7 Å². The van der Waals surface area contributed by atoms with Crippen LogP contribution in [0.4, 0.5) is 10.5 Å². The van der Waals surface area contributed by atoms with E-state index in [0.29, 0.717) is 5.82 Å². The highest BCUT2D eigenvalue weighted by atomic mass is 16.6. The van der Waals surface area contributed by atoms with Gasteiger partial charge in [-0.15, -0.1) is 13.2 Å². The summed E-state index contributed by atoms with van der Waals surface area (Å²) in [4.78, 5) is 36.7. The number of aromatic nitrogens is 3. The SMILES string of the molecule is [C-]#[N+]c1c(C(=O)OC2(C)C(C)(C)CCCC2(C)C)c2nc(C(C)CC)[nH]n2c1OC(=O)N(CC=C)CC=C. The van der Waals surface area contributed by atoms with Gasteiger partial charge in [-0.1, -0.05) is 60.1 Å². The molecule has 0 aliphatic heterocycles. The lowest BCUT2D eigenvalue weighted by Gasteiger charge is -2.56. The first-order valence-electron chi connectivity index (χ1n) is 13.2. The number of amides is 1. The molecular weight excluding hydrogens is 482 g/mol. The maximum Gasteiger partial charge on any atom is 0.416 e. The molecule has 0 aromatic carbocycles. The van der Waals surface area contributed by atoms with Gasteiger partial charge in [0.05, 0.1) is 6.57 Å². The van der Waals surface area contributed by atoms with Gasteiger partial charge in [0.1, 0.15) is 17.0 Å². The van der Waals surface area contributed by atoms with Gasteiger partial charge >= 0.3 is 12.1 Å². The Morgan fingerprint density at radius 2 is 1.76 bits per heavy atom. The molecule has 0 saturated heterocycles. The summed E-state index contributed by atoms with van der Waals surface area (Å²) in [5.41, 5.74) is -1.32. The van der Waals surface area contributed by atoms with Crippen molar-refractivity contribution in [2.45, 2.75) is 85.7 Å². The van der Waals surface area contributed by atoms with Gasteiger partial charge < -0.3 is 14.4 Å². The molecule has 206 valence electrons. The van der Waals surface area contributed by atoms with Crippen LogP contribution in [0.1, 0.15) is 96.2 Å². The third-order valence-electron chi connectivity index (χ3n) is 8.55. The Morgan fingerprint density at radius 3 is 2.26 bits per heavy atom. The van der Waals surface area contributed by atoms with E-state index in [9.17, 15) is 9.59 Å². The highest BCUT2D eigenvalue weighted by molar-refractivity contribution is 6.05. The fraction of sp³-hybridized carbons (Fsp3) is 0.586. The summed E-state index contributed by atoms with van der Waals surface area (Å²) in [6, 6.07) is 0. The summed E-state index contributed by atoms with van der Waals surface area (Å²) in [7, 11) is 0. The topological polar surface area (TPSA) is 93.3 Å². The van der Waals surface area contributed by atoms with E-state index in [1.807, 2.05) is 20.8 Å². The highest BCUT2D eigenvalue weighted by Crippen LogP contribution is 2.56. The molecule has 1 saturated carbocycles. The van der Waals surface area contributed by atoms with Crippen molar-refractivity contribution in [3.63, 3.8) is 0 Å².